The van der Waals surface area contributed by atoms with Gasteiger partial charge in [-0.15, -0.1) is 0 Å². The van der Waals surface area contributed by atoms with Crippen LogP contribution in [-0.2, 0) is 16.1 Å². The van der Waals surface area contributed by atoms with Crippen molar-refractivity contribution in [2.45, 2.75) is 26.0 Å². The largest absolute Gasteiger partial charge is 0.443 e. The van der Waals surface area contributed by atoms with Gasteiger partial charge in [0.05, 0.1) is 24.7 Å². The number of rotatable bonds is 6. The molecule has 0 bridgehead atoms. The van der Waals surface area contributed by atoms with Crippen molar-refractivity contribution in [1.29, 1.82) is 15.8 Å². The summed E-state index contributed by atoms with van der Waals surface area (Å²) in [5.74, 6) is -0.895. The van der Waals surface area contributed by atoms with Crippen molar-refractivity contribution in [3.63, 3.8) is 0 Å². The Hall–Kier alpha value is -3.60. The van der Waals surface area contributed by atoms with E-state index < -0.39 is 12.1 Å². The third-order valence-corrected chi connectivity index (χ3v) is 3.68. The number of benzene rings is 1. The summed E-state index contributed by atoms with van der Waals surface area (Å²) in [5, 5.41) is 31.8. The highest BCUT2D eigenvalue weighted by Crippen LogP contribution is 2.27. The lowest BCUT2D eigenvalue weighted by Gasteiger charge is -2.04. The molecule has 7 nitrogen and oxygen atoms in total. The number of hydrogen-bond acceptors (Lipinski definition) is 6. The van der Waals surface area contributed by atoms with Crippen molar-refractivity contribution in [3.8, 4) is 29.5 Å². The van der Waals surface area contributed by atoms with E-state index in [4.69, 9.17) is 26.9 Å². The molecule has 0 spiro atoms. The lowest BCUT2D eigenvalue weighted by molar-refractivity contribution is -0.140. The first-order valence-corrected chi connectivity index (χ1v) is 8.29. The Morgan fingerprint density at radius 3 is 2.81 bits per heavy atom. The van der Waals surface area contributed by atoms with Gasteiger partial charge in [-0.25, -0.2) is 4.79 Å². The number of carbonyl (C=O) groups is 1. The van der Waals surface area contributed by atoms with Crippen LogP contribution >= 0.6 is 11.6 Å². The Labute approximate surface area is 161 Å². The lowest BCUT2D eigenvalue weighted by atomic mass is 10.1. The maximum Gasteiger partial charge on any atom is 0.350 e. The molecule has 2 aromatic rings. The zero-order valence-corrected chi connectivity index (χ0v) is 15.1. The van der Waals surface area contributed by atoms with E-state index in [1.165, 1.54) is 13.0 Å². The fourth-order valence-electron chi connectivity index (χ4n) is 2.22. The molecule has 8 heteroatoms. The maximum atomic E-state index is 12.1. The van der Waals surface area contributed by atoms with Gasteiger partial charge in [0.2, 0.25) is 0 Å². The molecule has 0 aliphatic carbocycles. The Morgan fingerprint density at radius 1 is 1.41 bits per heavy atom. The number of nitrogens with zero attached hydrogens (tertiary/aromatic N) is 5. The Balaban J connectivity index is 2.49. The van der Waals surface area contributed by atoms with Crippen LogP contribution in [0.3, 0.4) is 0 Å². The van der Waals surface area contributed by atoms with Crippen LogP contribution in [0.1, 0.15) is 18.9 Å². The second-order valence-electron chi connectivity index (χ2n) is 5.46. The number of nitriles is 3. The normalized spacial score (nSPS) is 11.7. The number of aryl methyl sites for hydroxylation is 1. The summed E-state index contributed by atoms with van der Waals surface area (Å²) < 4.78 is 6.44. The molecule has 1 aromatic heterocycles. The van der Waals surface area contributed by atoms with Gasteiger partial charge in [-0.2, -0.15) is 20.9 Å². The van der Waals surface area contributed by atoms with E-state index in [0.717, 1.165) is 0 Å². The molecule has 1 aromatic carbocycles. The molecule has 0 amide bonds. The zero-order valence-electron chi connectivity index (χ0n) is 14.4. The molecular weight excluding hydrogens is 366 g/mol. The highest BCUT2D eigenvalue weighted by Gasteiger charge is 2.17. The summed E-state index contributed by atoms with van der Waals surface area (Å²) in [6.45, 7) is 1.76. The Kier molecular flexibility index (Phi) is 6.72. The first-order valence-electron chi connectivity index (χ1n) is 7.91. The van der Waals surface area contributed by atoms with E-state index in [-0.39, 0.29) is 12.0 Å². The highest BCUT2D eigenvalue weighted by molar-refractivity contribution is 6.30. The zero-order chi connectivity index (χ0) is 19.8. The summed E-state index contributed by atoms with van der Waals surface area (Å²) >= 11 is 6.04. The molecule has 0 unspecified atom stereocenters. The van der Waals surface area contributed by atoms with Crippen LogP contribution in [0.15, 0.2) is 36.0 Å². The van der Waals surface area contributed by atoms with Crippen LogP contribution in [0.4, 0.5) is 0 Å². The predicted octanol–water partition coefficient (Wildman–Crippen LogP) is 3.48. The standard InChI is InChI=1S/C19H14ClN5O2/c1-13(10-22)27-19(26)15(11-23)8-16-12-25(7-3-6-21)24-18(16)14-4-2-5-17(20)9-14/h2,4-5,8-9,12-13H,3,7H2,1H3/b15-8+/t13-/m0/s1. The molecule has 1 atom stereocenters. The second-order valence-corrected chi connectivity index (χ2v) is 5.90. The lowest BCUT2D eigenvalue weighted by Crippen LogP contribution is -2.14. The van der Waals surface area contributed by atoms with Gasteiger partial charge >= 0.3 is 5.97 Å². The molecular formula is C19H14ClN5O2. The minimum atomic E-state index is -0.972. The molecule has 1 heterocycles. The van der Waals surface area contributed by atoms with E-state index in [1.807, 2.05) is 6.07 Å². The van der Waals surface area contributed by atoms with Crippen molar-refractivity contribution in [2.75, 3.05) is 0 Å². The van der Waals surface area contributed by atoms with E-state index in [2.05, 4.69) is 5.10 Å². The fourth-order valence-corrected chi connectivity index (χ4v) is 2.41. The molecule has 0 aliphatic heterocycles. The summed E-state index contributed by atoms with van der Waals surface area (Å²) in [4.78, 5) is 12.1. The number of hydrogen-bond donors (Lipinski definition) is 0. The molecule has 0 aliphatic rings. The number of carbonyl (C=O) groups excluding carboxylic acids is 1. The van der Waals surface area contributed by atoms with Crippen molar-refractivity contribution in [2.24, 2.45) is 0 Å². The Bertz CT molecular complexity index is 1000. The van der Waals surface area contributed by atoms with Crippen LogP contribution in [-0.4, -0.2) is 21.9 Å². The summed E-state index contributed by atoms with van der Waals surface area (Å²) in [6, 6.07) is 12.6. The maximum absolute atomic E-state index is 12.1. The first kappa shape index (κ1) is 19.7. The topological polar surface area (TPSA) is 115 Å². The molecule has 27 heavy (non-hydrogen) atoms. The van der Waals surface area contributed by atoms with Gasteiger partial charge < -0.3 is 4.74 Å². The van der Waals surface area contributed by atoms with E-state index >= 15 is 0 Å². The van der Waals surface area contributed by atoms with Crippen LogP contribution in [0.5, 0.6) is 0 Å². The average Bonchev–Trinajstić information content (AvgIpc) is 3.06. The van der Waals surface area contributed by atoms with Crippen molar-refractivity contribution >= 4 is 23.6 Å². The minimum absolute atomic E-state index is 0.257. The van der Waals surface area contributed by atoms with Gasteiger partial charge in [0.15, 0.2) is 6.10 Å². The van der Waals surface area contributed by atoms with Crippen LogP contribution in [0.25, 0.3) is 17.3 Å². The average molecular weight is 380 g/mol. The number of aromatic nitrogens is 2. The third kappa shape index (κ3) is 5.19. The molecule has 2 rings (SSSR count). The summed E-state index contributed by atoms with van der Waals surface area (Å²) in [7, 11) is 0. The van der Waals surface area contributed by atoms with Gasteiger partial charge in [0, 0.05) is 22.3 Å². The number of ether oxygens (including phenoxy) is 1. The van der Waals surface area contributed by atoms with Gasteiger partial charge in [0.1, 0.15) is 17.7 Å². The van der Waals surface area contributed by atoms with E-state index in [9.17, 15) is 10.1 Å². The van der Waals surface area contributed by atoms with Gasteiger partial charge in [-0.3, -0.25) is 4.68 Å². The highest BCUT2D eigenvalue weighted by atomic mass is 35.5. The van der Waals surface area contributed by atoms with E-state index in [0.29, 0.717) is 28.4 Å². The van der Waals surface area contributed by atoms with E-state index in [1.54, 1.807) is 47.3 Å². The summed E-state index contributed by atoms with van der Waals surface area (Å²) in [6.07, 6.45) is 2.26. The number of halogens is 1. The minimum Gasteiger partial charge on any atom is -0.443 e. The van der Waals surface area contributed by atoms with Crippen molar-refractivity contribution in [3.05, 3.63) is 46.6 Å². The van der Waals surface area contributed by atoms with Crippen LogP contribution in [0, 0.1) is 34.0 Å². The predicted molar refractivity (Wildman–Crippen MR) is 97.7 cm³/mol. The molecule has 0 radical (unpaired) electrons. The quantitative estimate of drug-likeness (QED) is 0.431. The molecule has 134 valence electrons. The molecule has 0 fully saturated rings. The van der Waals surface area contributed by atoms with Gasteiger partial charge in [-0.1, -0.05) is 23.7 Å². The molecule has 0 saturated heterocycles. The second kappa shape index (κ2) is 9.20. The first-order chi connectivity index (χ1) is 13.0. The van der Waals surface area contributed by atoms with Gasteiger partial charge in [-0.05, 0) is 25.1 Å². The monoisotopic (exact) mass is 379 g/mol. The smallest absolute Gasteiger partial charge is 0.350 e. The van der Waals surface area contributed by atoms with Crippen LogP contribution < -0.4 is 0 Å². The van der Waals surface area contributed by atoms with Crippen molar-refractivity contribution < 1.29 is 9.53 Å². The molecule has 0 saturated carbocycles. The van der Waals surface area contributed by atoms with Crippen LogP contribution in [0.2, 0.25) is 5.02 Å². The third-order valence-electron chi connectivity index (χ3n) is 3.45. The van der Waals surface area contributed by atoms with Crippen molar-refractivity contribution in [1.82, 2.24) is 9.78 Å². The summed E-state index contributed by atoms with van der Waals surface area (Å²) in [5.41, 5.74) is 1.43. The molecule has 0 N–H and O–H groups in total. The Morgan fingerprint density at radius 2 is 2.19 bits per heavy atom. The fraction of sp³-hybridized carbons (Fsp3) is 0.211. The van der Waals surface area contributed by atoms with Gasteiger partial charge in [0.25, 0.3) is 0 Å². The SMILES string of the molecule is C[C@@H](C#N)OC(=O)/C(C#N)=C/c1cn(CCC#N)nc1-c1cccc(Cl)c1. The number of esters is 1.